The van der Waals surface area contributed by atoms with Crippen LogP contribution in [0.2, 0.25) is 0 Å². The Bertz CT molecular complexity index is 1610. The average Bonchev–Trinajstić information content (AvgIpc) is 2.78. The minimum atomic E-state index is -3.74. The molecule has 14 heteroatoms. The van der Waals surface area contributed by atoms with Crippen LogP contribution in [0.1, 0.15) is 5.56 Å². The van der Waals surface area contributed by atoms with Crippen LogP contribution >= 0.6 is 0 Å². The molecule has 1 aliphatic rings. The van der Waals surface area contributed by atoms with E-state index in [0.29, 0.717) is 30.0 Å². The highest BCUT2D eigenvalue weighted by molar-refractivity contribution is 7.92. The number of nitrogens with one attached hydrogen (secondary N) is 2. The zero-order chi connectivity index (χ0) is 26.3. The number of piperazine rings is 1. The molecule has 2 aromatic carbocycles. The van der Waals surface area contributed by atoms with Crippen LogP contribution in [-0.2, 0) is 30.1 Å². The monoisotopic (exact) mass is 553 g/mol. The maximum atomic E-state index is 13.1. The van der Waals surface area contributed by atoms with Crippen molar-refractivity contribution in [2.75, 3.05) is 53.0 Å². The highest BCUT2D eigenvalue weighted by atomic mass is 32.2. The van der Waals surface area contributed by atoms with Crippen LogP contribution in [-0.4, -0.2) is 73.2 Å². The molecule has 0 amide bonds. The topological polar surface area (TPSA) is 146 Å². The molecule has 1 saturated heterocycles. The summed E-state index contributed by atoms with van der Waals surface area (Å²) in [6.45, 7) is 3.33. The summed E-state index contributed by atoms with van der Waals surface area (Å²) >= 11 is 0. The zero-order valence-corrected chi connectivity index (χ0v) is 22.4. The molecule has 2 N–H and O–H groups in total. The fourth-order valence-corrected chi connectivity index (χ4v) is 6.57. The quantitative estimate of drug-likeness (QED) is 0.450. The van der Waals surface area contributed by atoms with Gasteiger partial charge in [-0.25, -0.2) is 30.2 Å². The van der Waals surface area contributed by atoms with Crippen LogP contribution in [0.4, 0.5) is 17.2 Å². The normalized spacial score (nSPS) is 15.7. The van der Waals surface area contributed by atoms with Gasteiger partial charge in [-0.1, -0.05) is 0 Å². The summed E-state index contributed by atoms with van der Waals surface area (Å²) in [4.78, 5) is 6.81. The number of pyridine rings is 1. The van der Waals surface area contributed by atoms with Crippen molar-refractivity contribution in [1.29, 1.82) is 0 Å². The van der Waals surface area contributed by atoms with Crippen molar-refractivity contribution >= 4 is 58.2 Å². The molecule has 0 atom stereocenters. The van der Waals surface area contributed by atoms with Gasteiger partial charge in [0.15, 0.2) is 0 Å². The van der Waals surface area contributed by atoms with E-state index in [2.05, 4.69) is 9.44 Å². The molecule has 0 saturated carbocycles. The maximum absolute atomic E-state index is 13.1. The summed E-state index contributed by atoms with van der Waals surface area (Å²) in [5, 5.41) is 0.822. The largest absolute Gasteiger partial charge is 0.354 e. The van der Waals surface area contributed by atoms with E-state index in [-0.39, 0.29) is 18.0 Å². The first-order valence-corrected chi connectivity index (χ1v) is 16.2. The number of sulfonamides is 3. The van der Waals surface area contributed by atoms with Gasteiger partial charge < -0.3 is 4.90 Å². The number of fused-ring (bicyclic) bond motifs is 1. The molecule has 0 radical (unpaired) electrons. The third-order valence-corrected chi connectivity index (χ3v) is 8.79. The number of rotatable bonds is 7. The molecule has 0 aliphatic carbocycles. The van der Waals surface area contributed by atoms with E-state index in [0.717, 1.165) is 29.3 Å². The Morgan fingerprint density at radius 2 is 1.31 bits per heavy atom. The van der Waals surface area contributed by atoms with E-state index >= 15 is 0 Å². The molecule has 0 spiro atoms. The molecule has 1 fully saturated rings. The third kappa shape index (κ3) is 6.06. The van der Waals surface area contributed by atoms with Gasteiger partial charge in [0.1, 0.15) is 5.82 Å². The fraction of sp³-hybridized carbons (Fsp3) is 0.318. The lowest BCUT2D eigenvalue weighted by atomic mass is 10.1. The maximum Gasteiger partial charge on any atom is 0.243 e. The van der Waals surface area contributed by atoms with Gasteiger partial charge in [-0.05, 0) is 61.0 Å². The number of hydrogen-bond donors (Lipinski definition) is 2. The first-order chi connectivity index (χ1) is 16.7. The van der Waals surface area contributed by atoms with Gasteiger partial charge in [0.25, 0.3) is 0 Å². The van der Waals surface area contributed by atoms with Gasteiger partial charge in [-0.15, -0.1) is 0 Å². The second-order valence-corrected chi connectivity index (χ2v) is 14.1. The van der Waals surface area contributed by atoms with E-state index in [1.54, 1.807) is 18.2 Å². The average molecular weight is 554 g/mol. The Kier molecular flexibility index (Phi) is 6.90. The predicted molar refractivity (Wildman–Crippen MR) is 141 cm³/mol. The van der Waals surface area contributed by atoms with Crippen molar-refractivity contribution in [2.45, 2.75) is 11.8 Å². The van der Waals surface area contributed by atoms with Crippen molar-refractivity contribution in [3.05, 3.63) is 54.1 Å². The van der Waals surface area contributed by atoms with Crippen LogP contribution in [0.25, 0.3) is 10.9 Å². The number of anilines is 3. The minimum Gasteiger partial charge on any atom is -0.354 e. The lowest BCUT2D eigenvalue weighted by Gasteiger charge is -2.35. The first kappa shape index (κ1) is 26.1. The highest BCUT2D eigenvalue weighted by Crippen LogP contribution is 2.27. The van der Waals surface area contributed by atoms with Crippen LogP contribution in [0.15, 0.2) is 53.4 Å². The second kappa shape index (κ2) is 9.50. The Morgan fingerprint density at radius 1 is 0.750 bits per heavy atom. The molecule has 194 valence electrons. The Labute approximate surface area is 211 Å². The lowest BCUT2D eigenvalue weighted by Crippen LogP contribution is -2.48. The van der Waals surface area contributed by atoms with Crippen LogP contribution < -0.4 is 14.3 Å². The Balaban J connectivity index is 1.48. The van der Waals surface area contributed by atoms with E-state index in [1.165, 1.54) is 28.6 Å². The summed E-state index contributed by atoms with van der Waals surface area (Å²) in [7, 11) is -10.6. The second-order valence-electron chi connectivity index (χ2n) is 8.69. The number of benzene rings is 2. The Hall–Kier alpha value is -2.94. The van der Waals surface area contributed by atoms with Gasteiger partial charge >= 0.3 is 0 Å². The molecule has 0 unspecified atom stereocenters. The third-order valence-electron chi connectivity index (χ3n) is 5.66. The summed E-state index contributed by atoms with van der Waals surface area (Å²) in [6, 6.07) is 12.7. The van der Waals surface area contributed by atoms with Gasteiger partial charge in [0.2, 0.25) is 30.1 Å². The van der Waals surface area contributed by atoms with Crippen molar-refractivity contribution in [3.63, 3.8) is 0 Å². The molecule has 2 heterocycles. The molecular formula is C22H27N5O6S3. The summed E-state index contributed by atoms with van der Waals surface area (Å²) < 4.78 is 78.1. The van der Waals surface area contributed by atoms with Crippen molar-refractivity contribution in [3.8, 4) is 0 Å². The highest BCUT2D eigenvalue weighted by Gasteiger charge is 2.29. The molecule has 3 aromatic rings. The van der Waals surface area contributed by atoms with E-state index in [9.17, 15) is 25.3 Å². The van der Waals surface area contributed by atoms with Crippen LogP contribution in [0, 0.1) is 6.92 Å². The standard InChI is InChI=1S/C22H27N5O6S3/c1-16-14-22(23-21-9-6-18(15-20(16)21)25-35(3,30)31)26-10-12-27(13-11-26)36(32,33)19-7-4-17(5-8-19)24-34(2,28)29/h4-9,14-15,24-25H,10-13H2,1-3H3. The van der Waals surface area contributed by atoms with E-state index in [4.69, 9.17) is 4.98 Å². The predicted octanol–water partition coefficient (Wildman–Crippen LogP) is 1.80. The van der Waals surface area contributed by atoms with Crippen molar-refractivity contribution in [2.24, 2.45) is 0 Å². The fourth-order valence-electron chi connectivity index (χ4n) is 4.03. The van der Waals surface area contributed by atoms with Crippen LogP contribution in [0.5, 0.6) is 0 Å². The molecule has 4 rings (SSSR count). The van der Waals surface area contributed by atoms with Gasteiger partial charge in [-0.2, -0.15) is 4.31 Å². The number of aryl methyl sites for hydroxylation is 1. The summed E-state index contributed by atoms with van der Waals surface area (Å²) in [6.07, 6.45) is 2.12. The van der Waals surface area contributed by atoms with Crippen molar-refractivity contribution in [1.82, 2.24) is 9.29 Å². The van der Waals surface area contributed by atoms with E-state index < -0.39 is 30.1 Å². The number of hydrogen-bond acceptors (Lipinski definition) is 8. The summed E-state index contributed by atoms with van der Waals surface area (Å²) in [5.41, 5.74) is 2.38. The van der Waals surface area contributed by atoms with Gasteiger partial charge in [0.05, 0.1) is 22.9 Å². The van der Waals surface area contributed by atoms with Gasteiger partial charge in [0, 0.05) is 42.9 Å². The van der Waals surface area contributed by atoms with Crippen LogP contribution in [0.3, 0.4) is 0 Å². The van der Waals surface area contributed by atoms with E-state index in [1.807, 2.05) is 17.9 Å². The molecule has 1 aliphatic heterocycles. The number of nitrogens with zero attached hydrogens (tertiary/aromatic N) is 3. The minimum absolute atomic E-state index is 0.0909. The molecular weight excluding hydrogens is 526 g/mol. The number of aromatic nitrogens is 1. The molecule has 1 aromatic heterocycles. The molecule has 11 nitrogen and oxygen atoms in total. The van der Waals surface area contributed by atoms with Gasteiger partial charge in [-0.3, -0.25) is 9.44 Å². The Morgan fingerprint density at radius 3 is 1.89 bits per heavy atom. The molecule has 0 bridgehead atoms. The smallest absolute Gasteiger partial charge is 0.243 e. The SMILES string of the molecule is Cc1cc(N2CCN(S(=O)(=O)c3ccc(NS(C)(=O)=O)cc3)CC2)nc2ccc(NS(C)(=O)=O)cc12. The summed E-state index contributed by atoms with van der Waals surface area (Å²) in [5.74, 6) is 0.720. The zero-order valence-electron chi connectivity index (χ0n) is 20.0. The molecule has 36 heavy (non-hydrogen) atoms. The van der Waals surface area contributed by atoms with Crippen molar-refractivity contribution < 1.29 is 25.3 Å². The lowest BCUT2D eigenvalue weighted by molar-refractivity contribution is 0.384. The first-order valence-electron chi connectivity index (χ1n) is 10.9.